The maximum Gasteiger partial charge on any atom is 0.344 e. The highest BCUT2D eigenvalue weighted by Crippen LogP contribution is 2.26. The molecule has 0 saturated carbocycles. The van der Waals surface area contributed by atoms with E-state index in [1.165, 1.54) is 6.92 Å². The van der Waals surface area contributed by atoms with Crippen LogP contribution in [0.2, 0.25) is 0 Å². The number of anilines is 2. The van der Waals surface area contributed by atoms with Crippen molar-refractivity contribution in [1.82, 2.24) is 0 Å². The van der Waals surface area contributed by atoms with Crippen molar-refractivity contribution in [3.63, 3.8) is 0 Å². The van der Waals surface area contributed by atoms with Crippen molar-refractivity contribution in [1.29, 1.82) is 0 Å². The minimum Gasteiger partial charge on any atom is -0.482 e. The number of para-hydroxylation sites is 1. The molecule has 156 valence electrons. The first-order chi connectivity index (χ1) is 14.5. The number of benzene rings is 2. The van der Waals surface area contributed by atoms with Crippen LogP contribution >= 0.6 is 0 Å². The van der Waals surface area contributed by atoms with Crippen LogP contribution in [0.3, 0.4) is 0 Å². The van der Waals surface area contributed by atoms with Crippen LogP contribution in [0.5, 0.6) is 5.75 Å². The SMILES string of the molecule is CCOC(=O)COc1cccc(NC(=O)C2=NN(c3ccccc3)C(C(C)=O)C2)c1. The van der Waals surface area contributed by atoms with E-state index in [0.717, 1.165) is 5.69 Å². The molecule has 8 heteroatoms. The van der Waals surface area contributed by atoms with Gasteiger partial charge in [0, 0.05) is 18.2 Å². The predicted octanol–water partition coefficient (Wildman–Crippen LogP) is 2.79. The first kappa shape index (κ1) is 21.0. The van der Waals surface area contributed by atoms with Gasteiger partial charge in [-0.1, -0.05) is 24.3 Å². The van der Waals surface area contributed by atoms with Gasteiger partial charge in [-0.15, -0.1) is 0 Å². The lowest BCUT2D eigenvalue weighted by Crippen LogP contribution is -2.33. The zero-order chi connectivity index (χ0) is 21.5. The number of carbonyl (C=O) groups excluding carboxylic acids is 3. The highest BCUT2D eigenvalue weighted by Gasteiger charge is 2.34. The molecule has 1 amide bonds. The van der Waals surface area contributed by atoms with Crippen molar-refractivity contribution in [3.05, 3.63) is 54.6 Å². The number of esters is 1. The van der Waals surface area contributed by atoms with Crippen LogP contribution in [0.1, 0.15) is 20.3 Å². The van der Waals surface area contributed by atoms with E-state index in [4.69, 9.17) is 9.47 Å². The molecule has 3 rings (SSSR count). The van der Waals surface area contributed by atoms with Gasteiger partial charge in [0.1, 0.15) is 17.5 Å². The Morgan fingerprint density at radius 1 is 1.13 bits per heavy atom. The smallest absolute Gasteiger partial charge is 0.344 e. The molecule has 2 aromatic rings. The number of nitrogens with zero attached hydrogens (tertiary/aromatic N) is 2. The number of ether oxygens (including phenoxy) is 2. The van der Waals surface area contributed by atoms with Crippen LogP contribution in [0.4, 0.5) is 11.4 Å². The van der Waals surface area contributed by atoms with E-state index in [1.807, 2.05) is 30.3 Å². The van der Waals surface area contributed by atoms with Gasteiger partial charge in [0.15, 0.2) is 12.4 Å². The van der Waals surface area contributed by atoms with Gasteiger partial charge in [-0.05, 0) is 38.1 Å². The Hall–Kier alpha value is -3.68. The Morgan fingerprint density at radius 2 is 1.90 bits per heavy atom. The molecule has 2 aromatic carbocycles. The summed E-state index contributed by atoms with van der Waals surface area (Å²) in [5.74, 6) is -0.521. The second-order valence-corrected chi connectivity index (χ2v) is 6.63. The maximum absolute atomic E-state index is 12.7. The monoisotopic (exact) mass is 409 g/mol. The topological polar surface area (TPSA) is 97.3 Å². The number of hydrogen-bond acceptors (Lipinski definition) is 7. The molecule has 1 N–H and O–H groups in total. The lowest BCUT2D eigenvalue weighted by atomic mass is 10.1. The van der Waals surface area contributed by atoms with Gasteiger partial charge in [-0.25, -0.2) is 4.79 Å². The molecule has 8 nitrogen and oxygen atoms in total. The summed E-state index contributed by atoms with van der Waals surface area (Å²) < 4.78 is 10.2. The van der Waals surface area contributed by atoms with Crippen molar-refractivity contribution in [2.75, 3.05) is 23.5 Å². The Labute approximate surface area is 174 Å². The van der Waals surface area contributed by atoms with Gasteiger partial charge in [0.2, 0.25) is 0 Å². The number of ketones is 1. The van der Waals surface area contributed by atoms with E-state index in [2.05, 4.69) is 10.4 Å². The predicted molar refractivity (Wildman–Crippen MR) is 113 cm³/mol. The molecule has 1 aliphatic rings. The van der Waals surface area contributed by atoms with E-state index in [0.29, 0.717) is 11.4 Å². The van der Waals surface area contributed by atoms with Crippen molar-refractivity contribution in [2.45, 2.75) is 26.3 Å². The number of amides is 1. The summed E-state index contributed by atoms with van der Waals surface area (Å²) in [5.41, 5.74) is 1.49. The van der Waals surface area contributed by atoms with E-state index < -0.39 is 17.9 Å². The average Bonchev–Trinajstić information content (AvgIpc) is 3.20. The quantitative estimate of drug-likeness (QED) is 0.674. The fourth-order valence-corrected chi connectivity index (χ4v) is 2.99. The third-order valence-corrected chi connectivity index (χ3v) is 4.42. The molecule has 0 bridgehead atoms. The second-order valence-electron chi connectivity index (χ2n) is 6.63. The van der Waals surface area contributed by atoms with Crippen molar-refractivity contribution >= 4 is 34.7 Å². The molecule has 0 saturated heterocycles. The van der Waals surface area contributed by atoms with E-state index in [-0.39, 0.29) is 31.1 Å². The van der Waals surface area contributed by atoms with E-state index >= 15 is 0 Å². The van der Waals surface area contributed by atoms with Crippen LogP contribution in [0.25, 0.3) is 0 Å². The van der Waals surface area contributed by atoms with Crippen LogP contribution < -0.4 is 15.1 Å². The lowest BCUT2D eigenvalue weighted by Gasteiger charge is -2.20. The van der Waals surface area contributed by atoms with E-state index in [9.17, 15) is 14.4 Å². The third kappa shape index (κ3) is 5.22. The first-order valence-electron chi connectivity index (χ1n) is 9.60. The highest BCUT2D eigenvalue weighted by atomic mass is 16.6. The molecule has 30 heavy (non-hydrogen) atoms. The first-order valence-corrected chi connectivity index (χ1v) is 9.60. The normalized spacial score (nSPS) is 15.3. The Kier molecular flexibility index (Phi) is 6.79. The minimum absolute atomic E-state index is 0.0697. The van der Waals surface area contributed by atoms with Crippen molar-refractivity contribution in [3.8, 4) is 5.75 Å². The summed E-state index contributed by atoms with van der Waals surface area (Å²) in [6, 6.07) is 15.4. The molecule has 0 spiro atoms. The number of Topliss-reactive ketones (excluding diaryl/α,β-unsaturated/α-hetero) is 1. The van der Waals surface area contributed by atoms with Crippen LogP contribution in [0.15, 0.2) is 59.7 Å². The minimum atomic E-state index is -0.521. The summed E-state index contributed by atoms with van der Waals surface area (Å²) in [6.45, 7) is 3.27. The van der Waals surface area contributed by atoms with Crippen molar-refractivity contribution in [2.24, 2.45) is 5.10 Å². The molecule has 0 radical (unpaired) electrons. The van der Waals surface area contributed by atoms with Gasteiger partial charge in [0.05, 0.1) is 12.3 Å². The zero-order valence-corrected chi connectivity index (χ0v) is 16.8. The molecule has 1 atom stereocenters. The molecule has 0 aromatic heterocycles. The second kappa shape index (κ2) is 9.69. The van der Waals surface area contributed by atoms with Gasteiger partial charge < -0.3 is 14.8 Å². The summed E-state index contributed by atoms with van der Waals surface area (Å²) in [7, 11) is 0. The summed E-state index contributed by atoms with van der Waals surface area (Å²) >= 11 is 0. The molecular weight excluding hydrogens is 386 g/mol. The van der Waals surface area contributed by atoms with Crippen molar-refractivity contribution < 1.29 is 23.9 Å². The van der Waals surface area contributed by atoms with E-state index in [1.54, 1.807) is 36.2 Å². The average molecular weight is 409 g/mol. The highest BCUT2D eigenvalue weighted by molar-refractivity contribution is 6.44. The van der Waals surface area contributed by atoms with Gasteiger partial charge in [0.25, 0.3) is 5.91 Å². The number of carbonyl (C=O) groups is 3. The summed E-state index contributed by atoms with van der Waals surface area (Å²) in [6.07, 6.45) is 0.217. The van der Waals surface area contributed by atoms with Gasteiger partial charge in [-0.3, -0.25) is 14.6 Å². The molecule has 1 unspecified atom stereocenters. The number of hydrogen-bond donors (Lipinski definition) is 1. The van der Waals surface area contributed by atoms with Crippen LogP contribution in [0, 0.1) is 0 Å². The third-order valence-electron chi connectivity index (χ3n) is 4.42. The largest absolute Gasteiger partial charge is 0.482 e. The van der Waals surface area contributed by atoms with Gasteiger partial charge >= 0.3 is 5.97 Å². The number of hydrazone groups is 1. The summed E-state index contributed by atoms with van der Waals surface area (Å²) in [5, 5.41) is 8.73. The van der Waals surface area contributed by atoms with Crippen LogP contribution in [-0.4, -0.2) is 42.6 Å². The molecule has 0 fully saturated rings. The molecule has 1 aliphatic heterocycles. The fourth-order valence-electron chi connectivity index (χ4n) is 2.99. The fraction of sp³-hybridized carbons (Fsp3) is 0.273. The molecule has 1 heterocycles. The Balaban J connectivity index is 1.69. The maximum atomic E-state index is 12.7. The number of rotatable bonds is 8. The standard InChI is InChI=1S/C22H23N3O5/c1-3-29-21(27)14-30-18-11-7-8-16(12-18)23-22(28)19-13-20(15(2)26)25(24-19)17-9-5-4-6-10-17/h4-12,20H,3,13-14H2,1-2H3,(H,23,28). The molecular formula is C22H23N3O5. The Morgan fingerprint density at radius 3 is 2.60 bits per heavy atom. The van der Waals surface area contributed by atoms with Gasteiger partial charge in [-0.2, -0.15) is 5.10 Å². The number of nitrogens with one attached hydrogen (secondary N) is 1. The summed E-state index contributed by atoms with van der Waals surface area (Å²) in [4.78, 5) is 36.2. The molecule has 0 aliphatic carbocycles. The van der Waals surface area contributed by atoms with Crippen LogP contribution in [-0.2, 0) is 19.1 Å². The Bertz CT molecular complexity index is 958. The zero-order valence-electron chi connectivity index (χ0n) is 16.8. The lowest BCUT2D eigenvalue weighted by molar-refractivity contribution is -0.145.